The molecule has 3 rings (SSSR count). The van der Waals surface area contributed by atoms with Crippen LogP contribution in [-0.2, 0) is 11.3 Å². The number of carbonyl (C=O) groups is 1. The topological polar surface area (TPSA) is 56.2 Å². The normalized spacial score (nSPS) is 12.1. The molecule has 1 aromatic heterocycles. The van der Waals surface area contributed by atoms with Crippen LogP contribution < -0.4 is 10.1 Å². The standard InChI is InChI=1S/C26H35N3O2/c1-3-4-5-6-7-8-14-19-29-24-18-13-12-17-23(24)28-26(29)21(2)27-25(30)20-31-22-15-10-9-11-16-22/h9-13,15-18,21H,3-8,14,19-20H2,1-2H3,(H,27,30). The van der Waals surface area contributed by atoms with Crippen molar-refractivity contribution < 1.29 is 9.53 Å². The minimum atomic E-state index is -0.191. The van der Waals surface area contributed by atoms with Crippen LogP contribution in [0.15, 0.2) is 54.6 Å². The van der Waals surface area contributed by atoms with Crippen LogP contribution in [0, 0.1) is 0 Å². The van der Waals surface area contributed by atoms with Crippen LogP contribution in [0.3, 0.4) is 0 Å². The van der Waals surface area contributed by atoms with Crippen molar-refractivity contribution in [1.82, 2.24) is 14.9 Å². The van der Waals surface area contributed by atoms with Gasteiger partial charge in [0.1, 0.15) is 11.6 Å². The summed E-state index contributed by atoms with van der Waals surface area (Å²) in [5.74, 6) is 1.45. The Hall–Kier alpha value is -2.82. The zero-order valence-electron chi connectivity index (χ0n) is 18.8. The van der Waals surface area contributed by atoms with Gasteiger partial charge in [0.25, 0.3) is 5.91 Å². The smallest absolute Gasteiger partial charge is 0.258 e. The number of aryl methyl sites for hydroxylation is 1. The molecule has 0 fully saturated rings. The molecule has 31 heavy (non-hydrogen) atoms. The van der Waals surface area contributed by atoms with Crippen molar-refractivity contribution in [2.24, 2.45) is 0 Å². The van der Waals surface area contributed by atoms with E-state index >= 15 is 0 Å². The third-order valence-corrected chi connectivity index (χ3v) is 5.55. The van der Waals surface area contributed by atoms with Gasteiger partial charge in [-0.3, -0.25) is 4.79 Å². The summed E-state index contributed by atoms with van der Waals surface area (Å²) in [6, 6.07) is 17.4. The van der Waals surface area contributed by atoms with E-state index in [1.807, 2.05) is 55.5 Å². The molecule has 1 heterocycles. The molecule has 0 saturated heterocycles. The Balaban J connectivity index is 1.59. The van der Waals surface area contributed by atoms with Gasteiger partial charge in [0, 0.05) is 6.54 Å². The molecule has 5 nitrogen and oxygen atoms in total. The van der Waals surface area contributed by atoms with Gasteiger partial charge < -0.3 is 14.6 Å². The molecule has 0 spiro atoms. The molecule has 1 amide bonds. The van der Waals surface area contributed by atoms with Crippen LogP contribution in [0.2, 0.25) is 0 Å². The van der Waals surface area contributed by atoms with Gasteiger partial charge in [0.05, 0.1) is 17.1 Å². The highest BCUT2D eigenvalue weighted by Crippen LogP contribution is 2.22. The SMILES string of the molecule is CCCCCCCCCn1c(C(C)NC(=O)COc2ccccc2)nc2ccccc21. The van der Waals surface area contributed by atoms with E-state index in [2.05, 4.69) is 22.9 Å². The molecule has 166 valence electrons. The summed E-state index contributed by atoms with van der Waals surface area (Å²) in [7, 11) is 0. The van der Waals surface area contributed by atoms with Crippen molar-refractivity contribution in [3.8, 4) is 5.75 Å². The monoisotopic (exact) mass is 421 g/mol. The van der Waals surface area contributed by atoms with Crippen LogP contribution in [0.5, 0.6) is 5.75 Å². The zero-order chi connectivity index (χ0) is 21.9. The molecular weight excluding hydrogens is 386 g/mol. The Labute approximate surface area is 185 Å². The number of fused-ring (bicyclic) bond motifs is 1. The first-order valence-electron chi connectivity index (χ1n) is 11.6. The fraction of sp³-hybridized carbons (Fsp3) is 0.462. The van der Waals surface area contributed by atoms with E-state index in [0.717, 1.165) is 29.8 Å². The lowest BCUT2D eigenvalue weighted by Gasteiger charge is -2.17. The average Bonchev–Trinajstić information content (AvgIpc) is 3.16. The first-order chi connectivity index (χ1) is 15.2. The van der Waals surface area contributed by atoms with E-state index in [1.54, 1.807) is 0 Å². The largest absolute Gasteiger partial charge is 0.484 e. The van der Waals surface area contributed by atoms with Gasteiger partial charge in [-0.15, -0.1) is 0 Å². The number of nitrogens with zero attached hydrogens (tertiary/aromatic N) is 2. The van der Waals surface area contributed by atoms with Crippen molar-refractivity contribution in [3.05, 3.63) is 60.4 Å². The summed E-state index contributed by atoms with van der Waals surface area (Å²) in [4.78, 5) is 17.3. The van der Waals surface area contributed by atoms with Crippen molar-refractivity contribution in [2.75, 3.05) is 6.61 Å². The van der Waals surface area contributed by atoms with E-state index in [9.17, 15) is 4.79 Å². The second-order valence-electron chi connectivity index (χ2n) is 8.12. The second-order valence-corrected chi connectivity index (χ2v) is 8.12. The summed E-state index contributed by atoms with van der Waals surface area (Å²) in [5.41, 5.74) is 2.10. The molecule has 0 saturated carbocycles. The predicted octanol–water partition coefficient (Wildman–Crippen LogP) is 6.04. The van der Waals surface area contributed by atoms with Crippen molar-refractivity contribution in [3.63, 3.8) is 0 Å². The first kappa shape index (κ1) is 22.9. The summed E-state index contributed by atoms with van der Waals surface area (Å²) in [5, 5.41) is 3.05. The average molecular weight is 422 g/mol. The number of amides is 1. The lowest BCUT2D eigenvalue weighted by Crippen LogP contribution is -2.32. The van der Waals surface area contributed by atoms with Crippen LogP contribution in [0.4, 0.5) is 0 Å². The number of unbranched alkanes of at least 4 members (excludes halogenated alkanes) is 6. The van der Waals surface area contributed by atoms with Crippen LogP contribution in [0.1, 0.15) is 70.7 Å². The fourth-order valence-electron chi connectivity index (χ4n) is 3.90. The van der Waals surface area contributed by atoms with Gasteiger partial charge in [0.15, 0.2) is 6.61 Å². The molecule has 0 aliphatic carbocycles. The highest BCUT2D eigenvalue weighted by molar-refractivity contribution is 5.79. The van der Waals surface area contributed by atoms with E-state index in [-0.39, 0.29) is 18.6 Å². The summed E-state index contributed by atoms with van der Waals surface area (Å²) >= 11 is 0. The maximum Gasteiger partial charge on any atom is 0.258 e. The van der Waals surface area contributed by atoms with E-state index in [4.69, 9.17) is 9.72 Å². The zero-order valence-corrected chi connectivity index (χ0v) is 18.8. The van der Waals surface area contributed by atoms with Gasteiger partial charge in [-0.1, -0.05) is 75.8 Å². The second kappa shape index (κ2) is 12.1. The number of benzene rings is 2. The quantitative estimate of drug-likeness (QED) is 0.342. The van der Waals surface area contributed by atoms with Crippen molar-refractivity contribution >= 4 is 16.9 Å². The Bertz CT molecular complexity index is 936. The number of hydrogen-bond acceptors (Lipinski definition) is 3. The molecule has 3 aromatic rings. The summed E-state index contributed by atoms with van der Waals surface area (Å²) in [6.07, 6.45) is 8.90. The Morgan fingerprint density at radius 2 is 1.65 bits per heavy atom. The molecule has 0 aliphatic heterocycles. The first-order valence-corrected chi connectivity index (χ1v) is 11.6. The predicted molar refractivity (Wildman–Crippen MR) is 126 cm³/mol. The summed E-state index contributed by atoms with van der Waals surface area (Å²) < 4.78 is 7.84. The van der Waals surface area contributed by atoms with E-state index in [0.29, 0.717) is 5.75 Å². The Morgan fingerprint density at radius 1 is 0.968 bits per heavy atom. The number of carbonyl (C=O) groups excluding carboxylic acids is 1. The molecule has 1 unspecified atom stereocenters. The highest BCUT2D eigenvalue weighted by Gasteiger charge is 2.18. The third-order valence-electron chi connectivity index (χ3n) is 5.55. The molecule has 1 atom stereocenters. The van der Waals surface area contributed by atoms with Crippen molar-refractivity contribution in [1.29, 1.82) is 0 Å². The third kappa shape index (κ3) is 6.84. The molecule has 5 heteroatoms. The van der Waals surface area contributed by atoms with Gasteiger partial charge >= 0.3 is 0 Å². The molecule has 1 N–H and O–H groups in total. The fourth-order valence-corrected chi connectivity index (χ4v) is 3.90. The number of rotatable bonds is 13. The maximum atomic E-state index is 12.4. The Kier molecular flexibility index (Phi) is 8.95. The van der Waals surface area contributed by atoms with Crippen molar-refractivity contribution in [2.45, 2.75) is 71.4 Å². The number of hydrogen-bond donors (Lipinski definition) is 1. The van der Waals surface area contributed by atoms with Gasteiger partial charge in [-0.2, -0.15) is 0 Å². The number of ether oxygens (including phenoxy) is 1. The van der Waals surface area contributed by atoms with Crippen LogP contribution >= 0.6 is 0 Å². The van der Waals surface area contributed by atoms with Gasteiger partial charge in [-0.25, -0.2) is 4.98 Å². The minimum Gasteiger partial charge on any atom is -0.484 e. The number of aromatic nitrogens is 2. The number of para-hydroxylation sites is 3. The van der Waals surface area contributed by atoms with E-state index < -0.39 is 0 Å². The summed E-state index contributed by atoms with van der Waals surface area (Å²) in [6.45, 7) is 5.15. The van der Waals surface area contributed by atoms with Gasteiger partial charge in [-0.05, 0) is 37.6 Å². The molecule has 2 aromatic carbocycles. The van der Waals surface area contributed by atoms with Gasteiger partial charge in [0.2, 0.25) is 0 Å². The molecule has 0 aliphatic rings. The molecule has 0 bridgehead atoms. The Morgan fingerprint density at radius 3 is 2.42 bits per heavy atom. The maximum absolute atomic E-state index is 12.4. The van der Waals surface area contributed by atoms with Crippen LogP contribution in [0.25, 0.3) is 11.0 Å². The lowest BCUT2D eigenvalue weighted by atomic mass is 10.1. The molecule has 0 radical (unpaired) electrons. The van der Waals surface area contributed by atoms with E-state index in [1.165, 1.54) is 38.5 Å². The number of nitrogens with one attached hydrogen (secondary N) is 1. The number of imidazole rings is 1. The molecular formula is C26H35N3O2. The minimum absolute atomic E-state index is 0.00760. The van der Waals surface area contributed by atoms with Crippen LogP contribution in [-0.4, -0.2) is 22.1 Å². The lowest BCUT2D eigenvalue weighted by molar-refractivity contribution is -0.123. The highest BCUT2D eigenvalue weighted by atomic mass is 16.5.